The van der Waals surface area contributed by atoms with Gasteiger partial charge in [-0.25, -0.2) is 0 Å². The van der Waals surface area contributed by atoms with E-state index < -0.39 is 11.9 Å². The van der Waals surface area contributed by atoms with Crippen molar-refractivity contribution >= 4 is 23.8 Å². The van der Waals surface area contributed by atoms with Crippen LogP contribution in [0.1, 0.15) is 53.0 Å². The number of amides is 2. The van der Waals surface area contributed by atoms with Crippen LogP contribution in [0.5, 0.6) is 11.5 Å². The summed E-state index contributed by atoms with van der Waals surface area (Å²) in [6, 6.07) is 11.2. The van der Waals surface area contributed by atoms with E-state index in [-0.39, 0.29) is 42.7 Å². The Kier molecular flexibility index (Phi) is 5.54. The average molecular weight is 381 g/mol. The summed E-state index contributed by atoms with van der Waals surface area (Å²) in [6.45, 7) is 3.30. The lowest BCUT2D eigenvalue weighted by Gasteiger charge is -2.16. The number of rotatable bonds is 6. The van der Waals surface area contributed by atoms with Gasteiger partial charge in [-0.2, -0.15) is 0 Å². The van der Waals surface area contributed by atoms with Gasteiger partial charge in [0.15, 0.2) is 11.5 Å². The fourth-order valence-corrected chi connectivity index (χ4v) is 2.77. The third-order valence-electron chi connectivity index (χ3n) is 4.25. The van der Waals surface area contributed by atoms with Gasteiger partial charge in [-0.1, -0.05) is 32.0 Å². The van der Waals surface area contributed by atoms with Crippen molar-refractivity contribution in [2.45, 2.75) is 33.2 Å². The van der Waals surface area contributed by atoms with E-state index >= 15 is 0 Å². The molecule has 3 rings (SSSR count). The van der Waals surface area contributed by atoms with Crippen LogP contribution in [0.15, 0.2) is 42.5 Å². The van der Waals surface area contributed by atoms with Crippen LogP contribution < -0.4 is 9.47 Å². The number of hydrogen-bond acceptors (Lipinski definition) is 6. The fourth-order valence-electron chi connectivity index (χ4n) is 2.77. The van der Waals surface area contributed by atoms with E-state index in [9.17, 15) is 19.2 Å². The molecule has 0 aromatic heterocycles. The SMILES string of the molecule is CCC(=O)Oc1ccc(CN2C(=O)c3ccccc3C2=O)cc1OC(=O)CC. The molecule has 1 heterocycles. The van der Waals surface area contributed by atoms with Crippen LogP contribution in [0.25, 0.3) is 0 Å². The van der Waals surface area contributed by atoms with Crippen molar-refractivity contribution in [1.82, 2.24) is 4.90 Å². The zero-order valence-electron chi connectivity index (χ0n) is 15.6. The summed E-state index contributed by atoms with van der Waals surface area (Å²) >= 11 is 0. The third-order valence-corrected chi connectivity index (χ3v) is 4.25. The Labute approximate surface area is 161 Å². The molecule has 0 saturated carbocycles. The van der Waals surface area contributed by atoms with Gasteiger partial charge in [-0.15, -0.1) is 0 Å². The van der Waals surface area contributed by atoms with E-state index in [1.807, 2.05) is 0 Å². The number of carbonyl (C=O) groups is 4. The van der Waals surface area contributed by atoms with E-state index in [0.717, 1.165) is 4.90 Å². The summed E-state index contributed by atoms with van der Waals surface area (Å²) in [5.74, 6) is -1.54. The zero-order valence-corrected chi connectivity index (χ0v) is 15.6. The normalized spacial score (nSPS) is 12.7. The lowest BCUT2D eigenvalue weighted by molar-refractivity contribution is -0.136. The summed E-state index contributed by atoms with van der Waals surface area (Å²) in [5, 5.41) is 0. The molecule has 0 unspecified atom stereocenters. The quantitative estimate of drug-likeness (QED) is 0.434. The van der Waals surface area contributed by atoms with Gasteiger partial charge >= 0.3 is 11.9 Å². The average Bonchev–Trinajstić information content (AvgIpc) is 2.94. The van der Waals surface area contributed by atoms with Gasteiger partial charge in [-0.3, -0.25) is 24.1 Å². The molecule has 2 amide bonds. The van der Waals surface area contributed by atoms with Crippen molar-refractivity contribution < 1.29 is 28.7 Å². The first-order valence-corrected chi connectivity index (χ1v) is 8.94. The van der Waals surface area contributed by atoms with E-state index in [0.29, 0.717) is 16.7 Å². The van der Waals surface area contributed by atoms with Crippen LogP contribution in [0.3, 0.4) is 0 Å². The smallest absolute Gasteiger partial charge is 0.311 e. The molecule has 144 valence electrons. The van der Waals surface area contributed by atoms with E-state index in [1.165, 1.54) is 12.1 Å². The summed E-state index contributed by atoms with van der Waals surface area (Å²) in [4.78, 5) is 49.5. The first-order valence-electron chi connectivity index (χ1n) is 8.94. The maximum Gasteiger partial charge on any atom is 0.311 e. The molecule has 0 fully saturated rings. The molecule has 0 saturated heterocycles. The minimum absolute atomic E-state index is 0.00499. The largest absolute Gasteiger partial charge is 0.423 e. The Morgan fingerprint density at radius 3 is 1.89 bits per heavy atom. The molecular formula is C21H19NO6. The molecule has 2 aromatic carbocycles. The van der Waals surface area contributed by atoms with Crippen LogP contribution in [0, 0.1) is 0 Å². The third kappa shape index (κ3) is 3.78. The standard InChI is InChI=1S/C21H19NO6/c1-3-18(23)27-16-10-9-13(11-17(16)28-19(24)4-2)12-22-20(25)14-7-5-6-8-15(14)21(22)26/h5-11H,3-4,12H2,1-2H3. The van der Waals surface area contributed by atoms with Gasteiger partial charge in [0.05, 0.1) is 17.7 Å². The van der Waals surface area contributed by atoms with Gasteiger partial charge in [0, 0.05) is 12.8 Å². The number of ether oxygens (including phenoxy) is 2. The molecule has 0 N–H and O–H groups in total. The molecule has 1 aliphatic rings. The zero-order chi connectivity index (χ0) is 20.3. The number of fused-ring (bicyclic) bond motifs is 1. The first-order chi connectivity index (χ1) is 13.4. The van der Waals surface area contributed by atoms with Crippen LogP contribution in [0.2, 0.25) is 0 Å². The number of hydrogen-bond donors (Lipinski definition) is 0. The highest BCUT2D eigenvalue weighted by Gasteiger charge is 2.35. The first kappa shape index (κ1) is 19.3. The Morgan fingerprint density at radius 1 is 0.821 bits per heavy atom. The highest BCUT2D eigenvalue weighted by Crippen LogP contribution is 2.31. The predicted octanol–water partition coefficient (Wildman–Crippen LogP) is 3.11. The van der Waals surface area contributed by atoms with Crippen LogP contribution in [-0.2, 0) is 16.1 Å². The molecule has 0 atom stereocenters. The van der Waals surface area contributed by atoms with Gasteiger partial charge < -0.3 is 9.47 Å². The Bertz CT molecular complexity index is 930. The maximum atomic E-state index is 12.5. The second kappa shape index (κ2) is 8.04. The van der Waals surface area contributed by atoms with Crippen molar-refractivity contribution in [2.24, 2.45) is 0 Å². The monoisotopic (exact) mass is 381 g/mol. The number of benzene rings is 2. The second-order valence-electron chi connectivity index (χ2n) is 6.18. The van der Waals surface area contributed by atoms with Gasteiger partial charge in [0.25, 0.3) is 11.8 Å². The molecule has 7 nitrogen and oxygen atoms in total. The molecule has 1 aliphatic heterocycles. The summed E-state index contributed by atoms with van der Waals surface area (Å²) < 4.78 is 10.5. The van der Waals surface area contributed by atoms with Crippen LogP contribution in [0.4, 0.5) is 0 Å². The van der Waals surface area contributed by atoms with Gasteiger partial charge in [0.1, 0.15) is 0 Å². The molecule has 0 bridgehead atoms. The molecular weight excluding hydrogens is 362 g/mol. The summed E-state index contributed by atoms with van der Waals surface area (Å²) in [7, 11) is 0. The van der Waals surface area contributed by atoms with E-state index in [2.05, 4.69) is 0 Å². The molecule has 7 heteroatoms. The Morgan fingerprint density at radius 2 is 1.36 bits per heavy atom. The van der Waals surface area contributed by atoms with Crippen LogP contribution in [-0.4, -0.2) is 28.7 Å². The molecule has 0 radical (unpaired) electrons. The lowest BCUT2D eigenvalue weighted by Crippen LogP contribution is -2.29. The summed E-state index contributed by atoms with van der Waals surface area (Å²) in [6.07, 6.45) is 0.307. The topological polar surface area (TPSA) is 90.0 Å². The highest BCUT2D eigenvalue weighted by atomic mass is 16.6. The molecule has 28 heavy (non-hydrogen) atoms. The summed E-state index contributed by atoms with van der Waals surface area (Å²) in [5.41, 5.74) is 1.28. The van der Waals surface area contributed by atoms with Crippen molar-refractivity contribution in [3.8, 4) is 11.5 Å². The fraction of sp³-hybridized carbons (Fsp3) is 0.238. The number of carbonyl (C=O) groups excluding carboxylic acids is 4. The lowest BCUT2D eigenvalue weighted by atomic mass is 10.1. The van der Waals surface area contributed by atoms with Crippen molar-refractivity contribution in [3.05, 3.63) is 59.2 Å². The van der Waals surface area contributed by atoms with Crippen molar-refractivity contribution in [3.63, 3.8) is 0 Å². The van der Waals surface area contributed by atoms with Gasteiger partial charge in [-0.05, 0) is 29.8 Å². The Hall–Kier alpha value is -3.48. The molecule has 0 spiro atoms. The van der Waals surface area contributed by atoms with Crippen molar-refractivity contribution in [2.75, 3.05) is 0 Å². The molecule has 0 aliphatic carbocycles. The predicted molar refractivity (Wildman–Crippen MR) is 98.9 cm³/mol. The number of imide groups is 1. The Balaban J connectivity index is 1.87. The second-order valence-corrected chi connectivity index (χ2v) is 6.18. The van der Waals surface area contributed by atoms with E-state index in [4.69, 9.17) is 9.47 Å². The highest BCUT2D eigenvalue weighted by molar-refractivity contribution is 6.21. The van der Waals surface area contributed by atoms with Crippen LogP contribution >= 0.6 is 0 Å². The number of nitrogens with zero attached hydrogens (tertiary/aromatic N) is 1. The van der Waals surface area contributed by atoms with E-state index in [1.54, 1.807) is 44.2 Å². The van der Waals surface area contributed by atoms with Gasteiger partial charge in [0.2, 0.25) is 0 Å². The minimum atomic E-state index is -0.494. The minimum Gasteiger partial charge on any atom is -0.423 e. The van der Waals surface area contributed by atoms with Crippen molar-refractivity contribution in [1.29, 1.82) is 0 Å². The maximum absolute atomic E-state index is 12.5. The number of esters is 2. The molecule has 2 aromatic rings.